The van der Waals surface area contributed by atoms with Crippen LogP contribution in [0.15, 0.2) is 59.2 Å². The van der Waals surface area contributed by atoms with E-state index >= 15 is 0 Å². The highest BCUT2D eigenvalue weighted by Crippen LogP contribution is 2.23. The van der Waals surface area contributed by atoms with Gasteiger partial charge in [-0.2, -0.15) is 5.10 Å². The number of nitrogens with one attached hydrogen (secondary N) is 1. The Bertz CT molecular complexity index is 990. The van der Waals surface area contributed by atoms with Crippen LogP contribution in [0.3, 0.4) is 0 Å². The van der Waals surface area contributed by atoms with Crippen LogP contribution < -0.4 is 5.32 Å². The zero-order chi connectivity index (χ0) is 18.7. The lowest BCUT2D eigenvalue weighted by molar-refractivity contribution is -0.384. The molecular formula is C17H12BrClN4O3. The normalized spacial score (nSPS) is 10.5. The van der Waals surface area contributed by atoms with Crippen molar-refractivity contribution in [2.75, 3.05) is 5.32 Å². The van der Waals surface area contributed by atoms with Gasteiger partial charge < -0.3 is 5.32 Å². The van der Waals surface area contributed by atoms with Gasteiger partial charge in [-0.3, -0.25) is 19.6 Å². The van der Waals surface area contributed by atoms with Gasteiger partial charge in [-0.05, 0) is 33.6 Å². The van der Waals surface area contributed by atoms with Gasteiger partial charge in [0.1, 0.15) is 0 Å². The number of nitro groups is 1. The van der Waals surface area contributed by atoms with E-state index in [0.717, 1.165) is 5.56 Å². The average Bonchev–Trinajstić information content (AvgIpc) is 2.96. The maximum Gasteiger partial charge on any atom is 0.270 e. The summed E-state index contributed by atoms with van der Waals surface area (Å²) >= 11 is 9.50. The molecule has 0 aliphatic rings. The molecule has 1 amide bonds. The highest BCUT2D eigenvalue weighted by molar-refractivity contribution is 9.10. The smallest absolute Gasteiger partial charge is 0.270 e. The predicted molar refractivity (Wildman–Crippen MR) is 102 cm³/mol. The number of amides is 1. The highest BCUT2D eigenvalue weighted by Gasteiger charge is 2.15. The Hall–Kier alpha value is -2.71. The summed E-state index contributed by atoms with van der Waals surface area (Å²) in [4.78, 5) is 22.6. The lowest BCUT2D eigenvalue weighted by Gasteiger charge is -2.04. The molecule has 0 radical (unpaired) electrons. The third kappa shape index (κ3) is 4.09. The van der Waals surface area contributed by atoms with Gasteiger partial charge >= 0.3 is 0 Å². The molecular weight excluding hydrogens is 424 g/mol. The zero-order valence-electron chi connectivity index (χ0n) is 13.2. The molecule has 0 atom stereocenters. The van der Waals surface area contributed by atoms with Gasteiger partial charge in [-0.25, -0.2) is 0 Å². The van der Waals surface area contributed by atoms with E-state index in [-0.39, 0.29) is 11.3 Å². The van der Waals surface area contributed by atoms with Crippen molar-refractivity contribution in [3.8, 4) is 0 Å². The quantitative estimate of drug-likeness (QED) is 0.472. The Morgan fingerprint density at radius 2 is 2.04 bits per heavy atom. The van der Waals surface area contributed by atoms with Crippen LogP contribution in [0, 0.1) is 10.1 Å². The standard InChI is InChI=1S/C17H12BrClN4O3/c18-14-10-22(9-12-4-1-2-7-15(12)19)21-16(14)20-17(24)11-5-3-6-13(8-11)23(25)26/h1-8,10H,9H2,(H,20,21,24). The van der Waals surface area contributed by atoms with Crippen molar-refractivity contribution >= 4 is 44.9 Å². The number of nitrogens with zero attached hydrogens (tertiary/aromatic N) is 3. The van der Waals surface area contributed by atoms with Crippen molar-refractivity contribution in [1.29, 1.82) is 0 Å². The summed E-state index contributed by atoms with van der Waals surface area (Å²) < 4.78 is 2.22. The van der Waals surface area contributed by atoms with E-state index in [0.29, 0.717) is 21.9 Å². The van der Waals surface area contributed by atoms with Crippen LogP contribution in [-0.4, -0.2) is 20.6 Å². The largest absolute Gasteiger partial charge is 0.304 e. The lowest BCUT2D eigenvalue weighted by atomic mass is 10.2. The molecule has 0 fully saturated rings. The fraction of sp³-hybridized carbons (Fsp3) is 0.0588. The van der Waals surface area contributed by atoms with Gasteiger partial charge in [0, 0.05) is 28.9 Å². The first-order valence-corrected chi connectivity index (χ1v) is 8.63. The molecule has 0 saturated carbocycles. The molecule has 0 aliphatic heterocycles. The van der Waals surface area contributed by atoms with Crippen LogP contribution >= 0.6 is 27.5 Å². The molecule has 0 saturated heterocycles. The Morgan fingerprint density at radius 1 is 1.27 bits per heavy atom. The fourth-order valence-electron chi connectivity index (χ4n) is 2.30. The van der Waals surface area contributed by atoms with Crippen molar-refractivity contribution in [3.63, 3.8) is 0 Å². The SMILES string of the molecule is O=C(Nc1nn(Cc2ccccc2Cl)cc1Br)c1cccc([N+](=O)[O-])c1. The molecule has 7 nitrogen and oxygen atoms in total. The molecule has 1 heterocycles. The molecule has 0 unspecified atom stereocenters. The summed E-state index contributed by atoms with van der Waals surface area (Å²) in [5.41, 5.74) is 0.911. The predicted octanol–water partition coefficient (Wildman–Crippen LogP) is 4.51. The second-order valence-electron chi connectivity index (χ2n) is 5.38. The third-order valence-electron chi connectivity index (χ3n) is 3.56. The van der Waals surface area contributed by atoms with Crippen LogP contribution in [0.1, 0.15) is 15.9 Å². The van der Waals surface area contributed by atoms with E-state index < -0.39 is 10.8 Å². The first kappa shape index (κ1) is 18.1. The topological polar surface area (TPSA) is 90.1 Å². The molecule has 9 heteroatoms. The Morgan fingerprint density at radius 3 is 2.77 bits per heavy atom. The van der Waals surface area contributed by atoms with Gasteiger partial charge in [0.2, 0.25) is 0 Å². The molecule has 1 N–H and O–H groups in total. The summed E-state index contributed by atoms with van der Waals surface area (Å²) in [7, 11) is 0. The van der Waals surface area contributed by atoms with E-state index in [1.165, 1.54) is 24.3 Å². The maximum absolute atomic E-state index is 12.3. The van der Waals surface area contributed by atoms with Gasteiger partial charge in [-0.15, -0.1) is 0 Å². The molecule has 132 valence electrons. The molecule has 0 bridgehead atoms. The minimum Gasteiger partial charge on any atom is -0.304 e. The summed E-state index contributed by atoms with van der Waals surface area (Å²) in [5.74, 6) is -0.175. The number of benzene rings is 2. The number of carbonyl (C=O) groups excluding carboxylic acids is 1. The molecule has 1 aromatic heterocycles. The second-order valence-corrected chi connectivity index (χ2v) is 6.64. The van der Waals surface area contributed by atoms with Gasteiger partial charge in [-0.1, -0.05) is 35.9 Å². The first-order valence-electron chi connectivity index (χ1n) is 7.46. The summed E-state index contributed by atoms with van der Waals surface area (Å²) in [5, 5.41) is 18.4. The van der Waals surface area contributed by atoms with Crippen LogP contribution in [0.25, 0.3) is 0 Å². The molecule has 0 aliphatic carbocycles. The summed E-state index contributed by atoms with van der Waals surface area (Å²) in [6.07, 6.45) is 1.71. The van der Waals surface area contributed by atoms with E-state index in [4.69, 9.17) is 11.6 Å². The maximum atomic E-state index is 12.3. The Balaban J connectivity index is 1.77. The number of aromatic nitrogens is 2. The highest BCUT2D eigenvalue weighted by atomic mass is 79.9. The van der Waals surface area contributed by atoms with Crippen LogP contribution in [-0.2, 0) is 6.54 Å². The monoisotopic (exact) mass is 434 g/mol. The molecule has 3 rings (SSSR count). The number of hydrogen-bond acceptors (Lipinski definition) is 4. The van der Waals surface area contributed by atoms with Crippen LogP contribution in [0.4, 0.5) is 11.5 Å². The number of rotatable bonds is 5. The number of carbonyl (C=O) groups is 1. The van der Waals surface area contributed by atoms with Crippen molar-refractivity contribution in [1.82, 2.24) is 9.78 Å². The molecule has 3 aromatic rings. The minimum atomic E-state index is -0.551. The average molecular weight is 436 g/mol. The van der Waals surface area contributed by atoms with E-state index in [1.54, 1.807) is 16.9 Å². The van der Waals surface area contributed by atoms with E-state index in [2.05, 4.69) is 26.3 Å². The van der Waals surface area contributed by atoms with Gasteiger partial charge in [0.05, 0.1) is 15.9 Å². The van der Waals surface area contributed by atoms with Crippen molar-refractivity contribution in [2.45, 2.75) is 6.54 Å². The minimum absolute atomic E-state index is 0.152. The number of hydrogen-bond donors (Lipinski definition) is 1. The van der Waals surface area contributed by atoms with Gasteiger partial charge in [0.15, 0.2) is 5.82 Å². The number of halogens is 2. The molecule has 0 spiro atoms. The fourth-order valence-corrected chi connectivity index (χ4v) is 2.91. The molecule has 2 aromatic carbocycles. The third-order valence-corrected chi connectivity index (χ3v) is 4.51. The summed E-state index contributed by atoms with van der Waals surface area (Å²) in [6, 6.07) is 12.9. The Kier molecular flexibility index (Phi) is 5.34. The second kappa shape index (κ2) is 7.67. The number of anilines is 1. The van der Waals surface area contributed by atoms with E-state index in [1.807, 2.05) is 18.2 Å². The lowest BCUT2D eigenvalue weighted by Crippen LogP contribution is -2.13. The zero-order valence-corrected chi connectivity index (χ0v) is 15.6. The summed E-state index contributed by atoms with van der Waals surface area (Å²) in [6.45, 7) is 0.435. The van der Waals surface area contributed by atoms with Crippen LogP contribution in [0.2, 0.25) is 5.02 Å². The van der Waals surface area contributed by atoms with Crippen molar-refractivity contribution < 1.29 is 9.72 Å². The first-order chi connectivity index (χ1) is 12.4. The van der Waals surface area contributed by atoms with Crippen molar-refractivity contribution in [2.24, 2.45) is 0 Å². The van der Waals surface area contributed by atoms with Gasteiger partial charge in [0.25, 0.3) is 11.6 Å². The Labute approximate surface area is 161 Å². The van der Waals surface area contributed by atoms with Crippen LogP contribution in [0.5, 0.6) is 0 Å². The number of non-ortho nitro benzene ring substituents is 1. The molecule has 26 heavy (non-hydrogen) atoms. The number of nitro benzene ring substituents is 1. The van der Waals surface area contributed by atoms with Crippen molar-refractivity contribution in [3.05, 3.63) is 85.5 Å². The van der Waals surface area contributed by atoms with E-state index in [9.17, 15) is 14.9 Å².